The van der Waals surface area contributed by atoms with Crippen molar-refractivity contribution in [1.29, 1.82) is 0 Å². The number of hydrogen-bond acceptors (Lipinski definition) is 5. The van der Waals surface area contributed by atoms with Crippen molar-refractivity contribution in [3.63, 3.8) is 0 Å². The number of carbonyl (C=O) groups is 1. The second-order valence-electron chi connectivity index (χ2n) is 7.90. The Balaban J connectivity index is 1.30. The van der Waals surface area contributed by atoms with E-state index in [1.165, 1.54) is 0 Å². The Morgan fingerprint density at radius 2 is 2.19 bits per heavy atom. The molecule has 2 fully saturated rings. The lowest BCUT2D eigenvalue weighted by molar-refractivity contribution is -0.0769. The number of carbonyl (C=O) groups excluding carboxylic acids is 1. The van der Waals surface area contributed by atoms with Crippen LogP contribution in [0.3, 0.4) is 0 Å². The summed E-state index contributed by atoms with van der Waals surface area (Å²) in [5.74, 6) is 0.608. The number of ether oxygens (including phenoxy) is 1. The van der Waals surface area contributed by atoms with Crippen molar-refractivity contribution < 1.29 is 9.53 Å². The number of aryl methyl sites for hydroxylation is 1. The number of piperidine rings is 1. The van der Waals surface area contributed by atoms with Gasteiger partial charge in [0.05, 0.1) is 36.2 Å². The number of likely N-dealkylation sites (N-methyl/N-ethyl adjacent to an activating group) is 1. The zero-order valence-corrected chi connectivity index (χ0v) is 16.0. The number of nitrogens with zero attached hydrogens (tertiary/aromatic N) is 5. The second-order valence-corrected chi connectivity index (χ2v) is 7.90. The smallest absolute Gasteiger partial charge is 0.257 e. The minimum absolute atomic E-state index is 0.0793. The predicted molar refractivity (Wildman–Crippen MR) is 101 cm³/mol. The van der Waals surface area contributed by atoms with Gasteiger partial charge in [-0.1, -0.05) is 6.07 Å². The number of aromatic nitrogens is 3. The van der Waals surface area contributed by atoms with Crippen molar-refractivity contribution in [1.82, 2.24) is 24.6 Å². The molecule has 2 aromatic rings. The molecule has 2 aliphatic rings. The number of hydrogen-bond donors (Lipinski definition) is 0. The van der Waals surface area contributed by atoms with Gasteiger partial charge in [0.25, 0.3) is 5.91 Å². The van der Waals surface area contributed by atoms with Crippen molar-refractivity contribution in [2.75, 3.05) is 33.3 Å². The molecule has 0 unspecified atom stereocenters. The van der Waals surface area contributed by atoms with Crippen molar-refractivity contribution >= 4 is 5.91 Å². The summed E-state index contributed by atoms with van der Waals surface area (Å²) in [5.41, 5.74) is 1.73. The maximum atomic E-state index is 12.6. The van der Waals surface area contributed by atoms with Crippen LogP contribution in [0.25, 0.3) is 0 Å². The summed E-state index contributed by atoms with van der Waals surface area (Å²) in [6.07, 6.45) is 7.43. The number of pyridine rings is 1. The third kappa shape index (κ3) is 3.75. The molecule has 4 heterocycles. The van der Waals surface area contributed by atoms with Gasteiger partial charge in [-0.25, -0.2) is 0 Å². The Kier molecular flexibility index (Phi) is 4.97. The average Bonchev–Trinajstić information content (AvgIpc) is 3.08. The van der Waals surface area contributed by atoms with Crippen molar-refractivity contribution in [3.05, 3.63) is 48.0 Å². The lowest BCUT2D eigenvalue weighted by Crippen LogP contribution is -2.72. The zero-order chi connectivity index (χ0) is 18.9. The highest BCUT2D eigenvalue weighted by molar-refractivity contribution is 5.94. The topological polar surface area (TPSA) is 63.5 Å². The number of likely N-dealkylation sites (tertiary alicyclic amines) is 2. The van der Waals surface area contributed by atoms with E-state index in [1.54, 1.807) is 23.3 Å². The Morgan fingerprint density at radius 1 is 1.33 bits per heavy atom. The van der Waals surface area contributed by atoms with Gasteiger partial charge >= 0.3 is 0 Å². The molecule has 0 bridgehead atoms. The standard InChI is InChI=1S/C20H27N5O2/c1-23-8-6-16(12-27-13-18-5-3-4-7-21-18)9-20(23)14-25(15-20)19(26)17-10-22-24(2)11-17/h3-5,7,10-11,16H,6,8-9,12-15H2,1-2H3/t16-/m0/s1. The monoisotopic (exact) mass is 369 g/mol. The SMILES string of the molecule is CN1CC[C@H](COCc2ccccn2)CC12CN(C(=O)c1cnn(C)c1)C2. The Hall–Kier alpha value is -2.25. The van der Waals surface area contributed by atoms with Gasteiger partial charge in [0.1, 0.15) is 0 Å². The first-order chi connectivity index (χ1) is 13.1. The van der Waals surface area contributed by atoms with Crippen LogP contribution in [0, 0.1) is 5.92 Å². The summed E-state index contributed by atoms with van der Waals surface area (Å²) in [6.45, 7) is 3.93. The van der Waals surface area contributed by atoms with E-state index >= 15 is 0 Å². The van der Waals surface area contributed by atoms with E-state index in [4.69, 9.17) is 4.74 Å². The average molecular weight is 369 g/mol. The van der Waals surface area contributed by atoms with Crippen LogP contribution < -0.4 is 0 Å². The molecule has 2 aliphatic heterocycles. The second kappa shape index (κ2) is 7.40. The zero-order valence-electron chi connectivity index (χ0n) is 16.0. The fourth-order valence-electron chi connectivity index (χ4n) is 4.26. The van der Waals surface area contributed by atoms with Gasteiger partial charge in [0, 0.05) is 32.5 Å². The fourth-order valence-corrected chi connectivity index (χ4v) is 4.26. The third-order valence-electron chi connectivity index (χ3n) is 5.89. The summed E-state index contributed by atoms with van der Waals surface area (Å²) in [4.78, 5) is 21.3. The van der Waals surface area contributed by atoms with E-state index in [0.29, 0.717) is 18.1 Å². The molecule has 0 radical (unpaired) electrons. The highest BCUT2D eigenvalue weighted by atomic mass is 16.5. The van der Waals surface area contributed by atoms with Crippen molar-refractivity contribution in [3.8, 4) is 0 Å². The summed E-state index contributed by atoms with van der Waals surface area (Å²) < 4.78 is 7.60. The van der Waals surface area contributed by atoms with Crippen molar-refractivity contribution in [2.24, 2.45) is 13.0 Å². The van der Waals surface area contributed by atoms with Gasteiger partial charge in [-0.2, -0.15) is 5.10 Å². The summed E-state index contributed by atoms with van der Waals surface area (Å²) in [6, 6.07) is 5.89. The fraction of sp³-hybridized carbons (Fsp3) is 0.550. The highest BCUT2D eigenvalue weighted by Crippen LogP contribution is 2.38. The first kappa shape index (κ1) is 18.1. The first-order valence-corrected chi connectivity index (χ1v) is 9.52. The predicted octanol–water partition coefficient (Wildman–Crippen LogP) is 1.57. The summed E-state index contributed by atoms with van der Waals surface area (Å²) in [7, 11) is 4.01. The largest absolute Gasteiger partial charge is 0.375 e. The normalized spacial score (nSPS) is 22.0. The molecular formula is C20H27N5O2. The molecule has 0 aliphatic carbocycles. The van der Waals surface area contributed by atoms with Crippen molar-refractivity contribution in [2.45, 2.75) is 25.0 Å². The van der Waals surface area contributed by atoms with Crippen LogP contribution in [0.2, 0.25) is 0 Å². The summed E-state index contributed by atoms with van der Waals surface area (Å²) in [5, 5.41) is 4.11. The molecule has 1 atom stereocenters. The molecule has 0 saturated carbocycles. The minimum atomic E-state index is 0.0793. The van der Waals surface area contributed by atoms with Gasteiger partial charge in [0.2, 0.25) is 0 Å². The van der Waals surface area contributed by atoms with Gasteiger partial charge in [-0.15, -0.1) is 0 Å². The molecule has 2 saturated heterocycles. The Bertz CT molecular complexity index is 785. The van der Waals surface area contributed by atoms with Gasteiger partial charge in [-0.3, -0.25) is 19.4 Å². The quantitative estimate of drug-likeness (QED) is 0.801. The minimum Gasteiger partial charge on any atom is -0.375 e. The molecule has 0 aromatic carbocycles. The lowest BCUT2D eigenvalue weighted by Gasteiger charge is -2.58. The highest BCUT2D eigenvalue weighted by Gasteiger charge is 2.51. The van der Waals surface area contributed by atoms with Gasteiger partial charge in [0.15, 0.2) is 0 Å². The molecule has 1 amide bonds. The molecular weight excluding hydrogens is 342 g/mol. The van der Waals surface area contributed by atoms with E-state index in [1.807, 2.05) is 30.1 Å². The molecule has 144 valence electrons. The maximum Gasteiger partial charge on any atom is 0.257 e. The Morgan fingerprint density at radius 3 is 2.89 bits per heavy atom. The summed E-state index contributed by atoms with van der Waals surface area (Å²) >= 11 is 0. The van der Waals surface area contributed by atoms with Crippen LogP contribution in [0.4, 0.5) is 0 Å². The van der Waals surface area contributed by atoms with Gasteiger partial charge < -0.3 is 9.64 Å². The van der Waals surface area contributed by atoms with E-state index in [9.17, 15) is 4.79 Å². The van der Waals surface area contributed by atoms with E-state index in [0.717, 1.165) is 44.8 Å². The lowest BCUT2D eigenvalue weighted by atomic mass is 9.75. The molecule has 4 rings (SSSR count). The van der Waals surface area contributed by atoms with Gasteiger partial charge in [-0.05, 0) is 44.5 Å². The molecule has 7 heteroatoms. The van der Waals surface area contributed by atoms with Crippen LogP contribution in [-0.2, 0) is 18.4 Å². The van der Waals surface area contributed by atoms with Crippen LogP contribution in [0.15, 0.2) is 36.8 Å². The van der Waals surface area contributed by atoms with E-state index in [2.05, 4.69) is 22.0 Å². The number of amides is 1. The van der Waals surface area contributed by atoms with Crippen LogP contribution >= 0.6 is 0 Å². The molecule has 27 heavy (non-hydrogen) atoms. The maximum absolute atomic E-state index is 12.6. The third-order valence-corrected chi connectivity index (χ3v) is 5.89. The molecule has 2 aromatic heterocycles. The molecule has 0 N–H and O–H groups in total. The number of rotatable bonds is 5. The van der Waals surface area contributed by atoms with Crippen LogP contribution in [0.1, 0.15) is 28.9 Å². The van der Waals surface area contributed by atoms with E-state index in [-0.39, 0.29) is 11.4 Å². The first-order valence-electron chi connectivity index (χ1n) is 9.52. The van der Waals surface area contributed by atoms with Crippen LogP contribution in [0.5, 0.6) is 0 Å². The Labute approximate surface area is 159 Å². The van der Waals surface area contributed by atoms with Crippen LogP contribution in [-0.4, -0.2) is 69.3 Å². The molecule has 1 spiro atoms. The van der Waals surface area contributed by atoms with E-state index < -0.39 is 0 Å². The molecule has 7 nitrogen and oxygen atoms in total.